The molecule has 7 heteroatoms. The Bertz CT molecular complexity index is 1120. The number of nitrogens with one attached hydrogen (secondary N) is 2. The highest BCUT2D eigenvalue weighted by molar-refractivity contribution is 7.14. The quantitative estimate of drug-likeness (QED) is 0.524. The van der Waals surface area contributed by atoms with Crippen LogP contribution in [0.15, 0.2) is 45.6 Å². The lowest BCUT2D eigenvalue weighted by molar-refractivity contribution is 0.0846. The summed E-state index contributed by atoms with van der Waals surface area (Å²) in [6.07, 6.45) is 4.29. The highest BCUT2D eigenvalue weighted by atomic mass is 32.1. The molecule has 0 saturated heterocycles. The molecule has 0 unspecified atom stereocenters. The second-order valence-electron chi connectivity index (χ2n) is 6.97. The topological polar surface area (TPSA) is 88.4 Å². The summed E-state index contributed by atoms with van der Waals surface area (Å²) in [7, 11) is 0. The van der Waals surface area contributed by atoms with E-state index in [2.05, 4.69) is 17.8 Å². The number of hydrogen-bond donors (Lipinski definition) is 2. The number of thiophene rings is 1. The molecule has 2 amide bonds. The van der Waals surface area contributed by atoms with Crippen molar-refractivity contribution in [2.45, 2.75) is 32.6 Å². The van der Waals surface area contributed by atoms with E-state index in [0.717, 1.165) is 25.7 Å². The van der Waals surface area contributed by atoms with Crippen LogP contribution >= 0.6 is 11.3 Å². The van der Waals surface area contributed by atoms with Gasteiger partial charge in [0.25, 0.3) is 11.8 Å². The molecule has 28 heavy (non-hydrogen) atoms. The number of fused-ring (bicyclic) bond motifs is 2. The third-order valence-electron chi connectivity index (χ3n) is 5.16. The van der Waals surface area contributed by atoms with Gasteiger partial charge < -0.3 is 4.42 Å². The molecule has 2 aromatic heterocycles. The average molecular weight is 396 g/mol. The van der Waals surface area contributed by atoms with Crippen LogP contribution in [0, 0.1) is 5.92 Å². The molecule has 2 N–H and O–H groups in total. The molecule has 0 aliphatic heterocycles. The third-order valence-corrected chi connectivity index (χ3v) is 6.40. The zero-order valence-electron chi connectivity index (χ0n) is 15.4. The van der Waals surface area contributed by atoms with E-state index in [4.69, 9.17) is 4.42 Å². The van der Waals surface area contributed by atoms with Crippen LogP contribution in [0.4, 0.5) is 0 Å². The summed E-state index contributed by atoms with van der Waals surface area (Å²) in [5, 5.41) is 0.634. The van der Waals surface area contributed by atoms with Crippen molar-refractivity contribution >= 4 is 34.1 Å². The molecule has 0 bridgehead atoms. The van der Waals surface area contributed by atoms with Crippen molar-refractivity contribution in [3.63, 3.8) is 0 Å². The summed E-state index contributed by atoms with van der Waals surface area (Å²) < 4.78 is 5.15. The third kappa shape index (κ3) is 3.57. The molecule has 3 aromatic rings. The molecule has 4 rings (SSSR count). The zero-order chi connectivity index (χ0) is 19.7. The molecule has 1 aliphatic rings. The molecule has 144 valence electrons. The minimum absolute atomic E-state index is 0.157. The molecule has 1 atom stereocenters. The van der Waals surface area contributed by atoms with Gasteiger partial charge in [-0.25, -0.2) is 4.79 Å². The fraction of sp³-hybridized carbons (Fsp3) is 0.286. The van der Waals surface area contributed by atoms with Gasteiger partial charge in [0.1, 0.15) is 11.1 Å². The Morgan fingerprint density at radius 2 is 1.96 bits per heavy atom. The molecule has 0 saturated carbocycles. The summed E-state index contributed by atoms with van der Waals surface area (Å²) in [4.78, 5) is 38.6. The lowest BCUT2D eigenvalue weighted by Gasteiger charge is -2.19. The Kier molecular flexibility index (Phi) is 5.00. The van der Waals surface area contributed by atoms with Crippen LogP contribution in [-0.4, -0.2) is 11.8 Å². The molecule has 0 fully saturated rings. The first-order valence-corrected chi connectivity index (χ1v) is 10.1. The maximum absolute atomic E-state index is 12.4. The van der Waals surface area contributed by atoms with Crippen molar-refractivity contribution < 1.29 is 14.0 Å². The van der Waals surface area contributed by atoms with E-state index in [9.17, 15) is 14.4 Å². The Hall–Kier alpha value is -2.93. The molecule has 0 radical (unpaired) electrons. The number of hydrogen-bond acceptors (Lipinski definition) is 5. The molecule has 0 spiro atoms. The number of rotatable bonds is 3. The van der Waals surface area contributed by atoms with Crippen LogP contribution in [0.1, 0.15) is 50.2 Å². The van der Waals surface area contributed by atoms with Crippen LogP contribution < -0.4 is 16.5 Å². The summed E-state index contributed by atoms with van der Waals surface area (Å²) in [5.41, 5.74) is 5.44. The first-order chi connectivity index (χ1) is 13.5. The van der Waals surface area contributed by atoms with Crippen molar-refractivity contribution in [1.29, 1.82) is 0 Å². The van der Waals surface area contributed by atoms with Crippen LogP contribution in [0.25, 0.3) is 11.0 Å². The fourth-order valence-electron chi connectivity index (χ4n) is 3.52. The number of carbonyl (C=O) groups is 2. The number of carbonyl (C=O) groups excluding carboxylic acids is 2. The number of amides is 2. The van der Waals surface area contributed by atoms with E-state index in [1.54, 1.807) is 24.3 Å². The first-order valence-electron chi connectivity index (χ1n) is 9.30. The van der Waals surface area contributed by atoms with Gasteiger partial charge in [0.15, 0.2) is 0 Å². The SMILES string of the molecule is CC[C@@H]1CCc2sc(C(=O)NNC(=O)c3cc4ccccc4oc3=O)cc2C1. The number of para-hydroxylation sites is 1. The second kappa shape index (κ2) is 7.59. The normalized spacial score (nSPS) is 15.8. The number of hydrazine groups is 1. The van der Waals surface area contributed by atoms with E-state index in [1.807, 2.05) is 6.07 Å². The van der Waals surface area contributed by atoms with Crippen LogP contribution in [0.2, 0.25) is 0 Å². The van der Waals surface area contributed by atoms with Crippen molar-refractivity contribution in [3.05, 3.63) is 67.7 Å². The Balaban J connectivity index is 1.45. The van der Waals surface area contributed by atoms with E-state index in [-0.39, 0.29) is 11.5 Å². The highest BCUT2D eigenvalue weighted by Gasteiger charge is 2.22. The molecule has 1 aliphatic carbocycles. The highest BCUT2D eigenvalue weighted by Crippen LogP contribution is 2.33. The lowest BCUT2D eigenvalue weighted by atomic mass is 9.87. The van der Waals surface area contributed by atoms with Gasteiger partial charge in [-0.1, -0.05) is 31.5 Å². The van der Waals surface area contributed by atoms with Crippen LogP contribution in [-0.2, 0) is 12.8 Å². The van der Waals surface area contributed by atoms with E-state index >= 15 is 0 Å². The number of aryl methyl sites for hydroxylation is 1. The maximum atomic E-state index is 12.4. The van der Waals surface area contributed by atoms with E-state index < -0.39 is 11.5 Å². The van der Waals surface area contributed by atoms with Crippen molar-refractivity contribution in [2.75, 3.05) is 0 Å². The largest absolute Gasteiger partial charge is 0.422 e. The number of benzene rings is 1. The van der Waals surface area contributed by atoms with Gasteiger partial charge in [0.05, 0.1) is 4.88 Å². The molecule has 6 nitrogen and oxygen atoms in total. The van der Waals surface area contributed by atoms with Crippen molar-refractivity contribution in [1.82, 2.24) is 10.9 Å². The predicted molar refractivity (Wildman–Crippen MR) is 108 cm³/mol. The Labute approximate surface area is 165 Å². The van der Waals surface area contributed by atoms with Gasteiger partial charge in [0, 0.05) is 10.3 Å². The minimum atomic E-state index is -0.748. The molecular formula is C21H20N2O4S. The lowest BCUT2D eigenvalue weighted by Crippen LogP contribution is -2.42. The minimum Gasteiger partial charge on any atom is -0.422 e. The Morgan fingerprint density at radius 1 is 1.18 bits per heavy atom. The summed E-state index contributed by atoms with van der Waals surface area (Å²) in [6, 6.07) is 10.3. The predicted octanol–water partition coefficient (Wildman–Crippen LogP) is 3.44. The monoisotopic (exact) mass is 396 g/mol. The van der Waals surface area contributed by atoms with Gasteiger partial charge in [-0.05, 0) is 48.9 Å². The maximum Gasteiger partial charge on any atom is 0.349 e. The molecular weight excluding hydrogens is 376 g/mol. The Morgan fingerprint density at radius 3 is 2.79 bits per heavy atom. The van der Waals surface area contributed by atoms with Gasteiger partial charge >= 0.3 is 5.63 Å². The summed E-state index contributed by atoms with van der Waals surface area (Å²) >= 11 is 1.46. The fourth-order valence-corrected chi connectivity index (χ4v) is 4.63. The van der Waals surface area contributed by atoms with Crippen LogP contribution in [0.5, 0.6) is 0 Å². The van der Waals surface area contributed by atoms with Gasteiger partial charge in [-0.15, -0.1) is 11.3 Å². The zero-order valence-corrected chi connectivity index (χ0v) is 16.2. The second-order valence-corrected chi connectivity index (χ2v) is 8.11. The molecule has 2 heterocycles. The average Bonchev–Trinajstić information content (AvgIpc) is 3.14. The van der Waals surface area contributed by atoms with E-state index in [1.165, 1.54) is 27.8 Å². The van der Waals surface area contributed by atoms with Gasteiger partial charge in [-0.3, -0.25) is 20.4 Å². The van der Waals surface area contributed by atoms with Crippen molar-refractivity contribution in [2.24, 2.45) is 5.92 Å². The van der Waals surface area contributed by atoms with Gasteiger partial charge in [-0.2, -0.15) is 0 Å². The first kappa shape index (κ1) is 18.4. The summed E-state index contributed by atoms with van der Waals surface area (Å²) in [5.74, 6) is -0.420. The standard InChI is InChI=1S/C21H20N2O4S/c1-2-12-7-8-17-14(9-12)11-18(28-17)20(25)23-22-19(24)15-10-13-5-3-4-6-16(13)27-21(15)26/h3-6,10-12H,2,7-9H2,1H3,(H,22,24)(H,23,25)/t12-/m1/s1. The summed E-state index contributed by atoms with van der Waals surface area (Å²) in [6.45, 7) is 2.19. The van der Waals surface area contributed by atoms with Gasteiger partial charge in [0.2, 0.25) is 0 Å². The van der Waals surface area contributed by atoms with Crippen LogP contribution in [0.3, 0.4) is 0 Å². The smallest absolute Gasteiger partial charge is 0.349 e. The molecule has 1 aromatic carbocycles. The van der Waals surface area contributed by atoms with E-state index in [0.29, 0.717) is 21.8 Å². The van der Waals surface area contributed by atoms with Crippen molar-refractivity contribution in [3.8, 4) is 0 Å².